The highest BCUT2D eigenvalue weighted by Gasteiger charge is 2.24. The fourth-order valence-corrected chi connectivity index (χ4v) is 4.28. The van der Waals surface area contributed by atoms with Crippen LogP contribution in [-0.2, 0) is 11.2 Å². The van der Waals surface area contributed by atoms with Crippen LogP contribution in [-0.4, -0.2) is 73.1 Å². The molecule has 1 aromatic heterocycles. The maximum atomic E-state index is 13.1. The summed E-state index contributed by atoms with van der Waals surface area (Å²) in [5.74, 6) is 1.32. The highest BCUT2D eigenvalue weighted by molar-refractivity contribution is 5.79. The van der Waals surface area contributed by atoms with Gasteiger partial charge in [-0.15, -0.1) is 0 Å². The lowest BCUT2D eigenvalue weighted by atomic mass is 10.0. The summed E-state index contributed by atoms with van der Waals surface area (Å²) in [6.45, 7) is 6.04. The molecule has 7 nitrogen and oxygen atoms in total. The molecule has 1 atom stereocenters. The van der Waals surface area contributed by atoms with Crippen molar-refractivity contribution in [1.29, 1.82) is 0 Å². The molecular weight excluding hydrogens is 395 g/mol. The molecule has 2 aromatic rings. The van der Waals surface area contributed by atoms with Crippen molar-refractivity contribution in [2.45, 2.75) is 31.7 Å². The van der Waals surface area contributed by atoms with Crippen molar-refractivity contribution < 1.29 is 9.13 Å². The average molecular weight is 429 g/mol. The Morgan fingerprint density at radius 2 is 2.00 bits per heavy atom. The Hall–Kier alpha value is -2.45. The van der Waals surface area contributed by atoms with Crippen molar-refractivity contribution in [2.24, 2.45) is 10.9 Å². The summed E-state index contributed by atoms with van der Waals surface area (Å²) >= 11 is 0. The smallest absolute Gasteiger partial charge is 0.191 e. The van der Waals surface area contributed by atoms with Crippen LogP contribution in [0.5, 0.6) is 0 Å². The molecule has 31 heavy (non-hydrogen) atoms. The van der Waals surface area contributed by atoms with E-state index in [0.29, 0.717) is 12.0 Å². The van der Waals surface area contributed by atoms with E-state index in [9.17, 15) is 4.39 Å². The number of hydrogen-bond acceptors (Lipinski definition) is 4. The van der Waals surface area contributed by atoms with Crippen LogP contribution >= 0.6 is 0 Å². The lowest BCUT2D eigenvalue weighted by Crippen LogP contribution is -2.49. The number of ether oxygens (including phenoxy) is 1. The molecule has 8 heteroatoms. The lowest BCUT2D eigenvalue weighted by molar-refractivity contribution is 0.150. The first-order valence-electron chi connectivity index (χ1n) is 11.3. The highest BCUT2D eigenvalue weighted by atomic mass is 19.1. The second kappa shape index (κ2) is 10.7. The summed E-state index contributed by atoms with van der Waals surface area (Å²) in [5.41, 5.74) is 1.83. The number of benzene rings is 1. The number of halogens is 1. The number of nitrogens with one attached hydrogen (secondary N) is 2. The van der Waals surface area contributed by atoms with E-state index >= 15 is 0 Å². The van der Waals surface area contributed by atoms with Gasteiger partial charge in [0.2, 0.25) is 0 Å². The van der Waals surface area contributed by atoms with E-state index in [1.807, 2.05) is 19.3 Å². The Balaban J connectivity index is 1.17. The number of nitrogens with zero attached hydrogens (tertiary/aromatic N) is 4. The molecule has 0 aliphatic carbocycles. The predicted molar refractivity (Wildman–Crippen MR) is 120 cm³/mol. The lowest BCUT2D eigenvalue weighted by Gasteiger charge is -2.34. The molecule has 2 saturated heterocycles. The molecule has 2 N–H and O–H groups in total. The van der Waals surface area contributed by atoms with E-state index in [4.69, 9.17) is 4.74 Å². The fraction of sp³-hybridized carbons (Fsp3) is 0.565. The maximum absolute atomic E-state index is 13.1. The van der Waals surface area contributed by atoms with E-state index in [2.05, 4.69) is 25.6 Å². The first kappa shape index (κ1) is 21.8. The molecule has 2 aliphatic heterocycles. The third-order valence-corrected chi connectivity index (χ3v) is 6.10. The molecular formula is C23H33FN6O. The third kappa shape index (κ3) is 6.27. The van der Waals surface area contributed by atoms with E-state index < -0.39 is 0 Å². The highest BCUT2D eigenvalue weighted by Crippen LogP contribution is 2.17. The molecule has 168 valence electrons. The van der Waals surface area contributed by atoms with Gasteiger partial charge in [0.05, 0.1) is 18.0 Å². The van der Waals surface area contributed by atoms with Gasteiger partial charge >= 0.3 is 0 Å². The largest absolute Gasteiger partial charge is 0.381 e. The summed E-state index contributed by atoms with van der Waals surface area (Å²) in [6, 6.07) is 8.79. The minimum Gasteiger partial charge on any atom is -0.381 e. The molecule has 2 fully saturated rings. The monoisotopic (exact) mass is 428 g/mol. The number of hydrogen-bond donors (Lipinski definition) is 2. The summed E-state index contributed by atoms with van der Waals surface area (Å²) in [7, 11) is 1.81. The average Bonchev–Trinajstić information content (AvgIpc) is 3.47. The van der Waals surface area contributed by atoms with Gasteiger partial charge in [-0.3, -0.25) is 4.99 Å². The zero-order valence-corrected chi connectivity index (χ0v) is 18.3. The number of guanidine groups is 1. The van der Waals surface area contributed by atoms with Crippen molar-refractivity contribution in [3.8, 4) is 5.69 Å². The number of rotatable bonds is 7. The van der Waals surface area contributed by atoms with Crippen LogP contribution in [0.25, 0.3) is 5.69 Å². The van der Waals surface area contributed by atoms with Crippen LogP contribution in [0.1, 0.15) is 25.0 Å². The van der Waals surface area contributed by atoms with Gasteiger partial charge in [-0.05, 0) is 55.5 Å². The van der Waals surface area contributed by atoms with Gasteiger partial charge in [0.15, 0.2) is 5.96 Å². The van der Waals surface area contributed by atoms with Crippen molar-refractivity contribution >= 4 is 5.96 Å². The summed E-state index contributed by atoms with van der Waals surface area (Å²) in [4.78, 5) is 6.95. The van der Waals surface area contributed by atoms with E-state index in [1.54, 1.807) is 16.8 Å². The topological polar surface area (TPSA) is 66.7 Å². The minimum atomic E-state index is -0.242. The Labute approximate surface area is 183 Å². The molecule has 2 aliphatic rings. The van der Waals surface area contributed by atoms with E-state index in [1.165, 1.54) is 25.1 Å². The van der Waals surface area contributed by atoms with Gasteiger partial charge < -0.3 is 20.3 Å². The number of aromatic nitrogens is 2. The van der Waals surface area contributed by atoms with Crippen LogP contribution in [0.4, 0.5) is 4.39 Å². The van der Waals surface area contributed by atoms with Crippen LogP contribution in [0.2, 0.25) is 0 Å². The van der Waals surface area contributed by atoms with Crippen LogP contribution in [0.3, 0.4) is 0 Å². The minimum absolute atomic E-state index is 0.242. The Bertz CT molecular complexity index is 838. The molecule has 0 bridgehead atoms. The van der Waals surface area contributed by atoms with Crippen molar-refractivity contribution in [1.82, 2.24) is 25.3 Å². The fourth-order valence-electron chi connectivity index (χ4n) is 4.28. The number of piperidine rings is 1. The summed E-state index contributed by atoms with van der Waals surface area (Å²) in [5, 5.41) is 11.5. The molecule has 1 aromatic carbocycles. The van der Waals surface area contributed by atoms with Crippen LogP contribution < -0.4 is 10.6 Å². The van der Waals surface area contributed by atoms with Gasteiger partial charge in [0, 0.05) is 58.5 Å². The van der Waals surface area contributed by atoms with Crippen molar-refractivity contribution in [3.63, 3.8) is 0 Å². The summed E-state index contributed by atoms with van der Waals surface area (Å²) < 4.78 is 20.4. The molecule has 1 unspecified atom stereocenters. The zero-order valence-electron chi connectivity index (χ0n) is 18.3. The predicted octanol–water partition coefficient (Wildman–Crippen LogP) is 2.22. The van der Waals surface area contributed by atoms with Crippen LogP contribution in [0.15, 0.2) is 41.5 Å². The van der Waals surface area contributed by atoms with E-state index in [0.717, 1.165) is 69.5 Å². The molecule has 0 spiro atoms. The second-order valence-corrected chi connectivity index (χ2v) is 8.43. The molecule has 0 radical (unpaired) electrons. The molecule has 3 heterocycles. The summed E-state index contributed by atoms with van der Waals surface area (Å²) in [6.07, 6.45) is 6.17. The quantitative estimate of drug-likeness (QED) is 0.523. The molecule has 4 rings (SSSR count). The van der Waals surface area contributed by atoms with Crippen molar-refractivity contribution in [3.05, 3.63) is 48.0 Å². The standard InChI is InChI=1S/C23H33FN6O/c1-25-23(27-20-7-12-29(13-8-20)16-18-10-15-31-17-18)26-11-6-21-9-14-30(28-21)22-4-2-19(24)3-5-22/h2-5,9,14,18,20H,6-8,10-13,15-17H2,1H3,(H2,25,26,27). The first-order chi connectivity index (χ1) is 15.2. The van der Waals surface area contributed by atoms with Gasteiger partial charge in [-0.1, -0.05) is 0 Å². The number of aliphatic imine (C=N–C) groups is 1. The Morgan fingerprint density at radius 3 is 2.71 bits per heavy atom. The van der Waals surface area contributed by atoms with Crippen LogP contribution in [0, 0.1) is 11.7 Å². The van der Waals surface area contributed by atoms with Gasteiger partial charge in [-0.2, -0.15) is 5.10 Å². The van der Waals surface area contributed by atoms with Crippen molar-refractivity contribution in [2.75, 3.05) is 46.4 Å². The van der Waals surface area contributed by atoms with Gasteiger partial charge in [-0.25, -0.2) is 9.07 Å². The third-order valence-electron chi connectivity index (χ3n) is 6.10. The SMILES string of the molecule is CN=C(NCCc1ccn(-c2ccc(F)cc2)n1)NC1CCN(CC2CCOC2)CC1. The molecule has 0 saturated carbocycles. The Kier molecular flexibility index (Phi) is 7.53. The van der Waals surface area contributed by atoms with Gasteiger partial charge in [0.1, 0.15) is 5.82 Å². The first-order valence-corrected chi connectivity index (χ1v) is 11.3. The maximum Gasteiger partial charge on any atom is 0.191 e. The zero-order chi connectivity index (χ0) is 21.5. The van der Waals surface area contributed by atoms with Gasteiger partial charge in [0.25, 0.3) is 0 Å². The molecule has 0 amide bonds. The van der Waals surface area contributed by atoms with E-state index in [-0.39, 0.29) is 5.82 Å². The Morgan fingerprint density at radius 1 is 1.19 bits per heavy atom. The number of likely N-dealkylation sites (tertiary alicyclic amines) is 1. The normalized spacial score (nSPS) is 20.8. The second-order valence-electron chi connectivity index (χ2n) is 8.43.